The van der Waals surface area contributed by atoms with E-state index in [1.165, 1.54) is 36.4 Å². The fourth-order valence-corrected chi connectivity index (χ4v) is 1.50. The Kier molecular flexibility index (Phi) is 3.14. The van der Waals surface area contributed by atoms with Crippen molar-refractivity contribution in [2.45, 2.75) is 0 Å². The van der Waals surface area contributed by atoms with Crippen LogP contribution in [0.5, 0.6) is 11.5 Å². The monoisotopic (exact) mass is 247 g/mol. The largest absolute Gasteiger partial charge is 0.508 e. The van der Waals surface area contributed by atoms with E-state index in [-0.39, 0.29) is 17.1 Å². The Morgan fingerprint density at radius 2 is 1.72 bits per heavy atom. The van der Waals surface area contributed by atoms with Crippen LogP contribution in [0.2, 0.25) is 0 Å². The molecule has 0 saturated heterocycles. The van der Waals surface area contributed by atoms with Crippen LogP contribution in [-0.2, 0) is 0 Å². The molecule has 92 valence electrons. The summed E-state index contributed by atoms with van der Waals surface area (Å²) in [7, 11) is 0. The molecule has 0 saturated carbocycles. The summed E-state index contributed by atoms with van der Waals surface area (Å²) < 4.78 is 12.9. The number of carbonyl (C=O) groups is 1. The molecular weight excluding hydrogens is 237 g/mol. The lowest BCUT2D eigenvalue weighted by Gasteiger charge is -2.06. The SMILES string of the molecule is O=C(Nc1cccc(F)c1)c1cc(O)cc(O)c1. The Labute approximate surface area is 102 Å². The molecule has 0 heterocycles. The minimum absolute atomic E-state index is 0.0803. The first kappa shape index (κ1) is 11.9. The Bertz CT molecular complexity index is 578. The van der Waals surface area contributed by atoms with Crippen molar-refractivity contribution in [1.29, 1.82) is 0 Å². The first-order valence-corrected chi connectivity index (χ1v) is 5.14. The standard InChI is InChI=1S/C13H10FNO3/c14-9-2-1-3-10(6-9)15-13(18)8-4-11(16)7-12(17)5-8/h1-7,16-17H,(H,15,18). The summed E-state index contributed by atoms with van der Waals surface area (Å²) in [6.45, 7) is 0. The van der Waals surface area contributed by atoms with Crippen LogP contribution in [0.4, 0.5) is 10.1 Å². The molecule has 2 rings (SSSR count). The normalized spacial score (nSPS) is 10.1. The van der Waals surface area contributed by atoms with Gasteiger partial charge in [-0.25, -0.2) is 4.39 Å². The molecule has 0 atom stereocenters. The number of phenolic OH excluding ortho intramolecular Hbond substituents is 2. The zero-order valence-electron chi connectivity index (χ0n) is 9.22. The van der Waals surface area contributed by atoms with Crippen molar-refractivity contribution < 1.29 is 19.4 Å². The number of hydrogen-bond acceptors (Lipinski definition) is 3. The van der Waals surface area contributed by atoms with Crippen LogP contribution < -0.4 is 5.32 Å². The van der Waals surface area contributed by atoms with Gasteiger partial charge in [0.05, 0.1) is 0 Å². The molecule has 0 radical (unpaired) electrons. The van der Waals surface area contributed by atoms with E-state index < -0.39 is 11.7 Å². The molecule has 1 amide bonds. The molecule has 4 nitrogen and oxygen atoms in total. The zero-order valence-corrected chi connectivity index (χ0v) is 9.22. The van der Waals surface area contributed by atoms with E-state index in [0.29, 0.717) is 5.69 Å². The zero-order chi connectivity index (χ0) is 13.1. The lowest BCUT2D eigenvalue weighted by atomic mass is 10.2. The highest BCUT2D eigenvalue weighted by atomic mass is 19.1. The van der Waals surface area contributed by atoms with E-state index in [9.17, 15) is 19.4 Å². The quantitative estimate of drug-likeness (QED) is 0.763. The first-order valence-electron chi connectivity index (χ1n) is 5.14. The van der Waals surface area contributed by atoms with Gasteiger partial charge in [0, 0.05) is 17.3 Å². The molecule has 0 fully saturated rings. The predicted molar refractivity (Wildman–Crippen MR) is 64.1 cm³/mol. The fourth-order valence-electron chi connectivity index (χ4n) is 1.50. The lowest BCUT2D eigenvalue weighted by Crippen LogP contribution is -2.11. The van der Waals surface area contributed by atoms with Crippen molar-refractivity contribution in [3.63, 3.8) is 0 Å². The fraction of sp³-hybridized carbons (Fsp3) is 0. The van der Waals surface area contributed by atoms with Crippen LogP contribution in [-0.4, -0.2) is 16.1 Å². The van der Waals surface area contributed by atoms with E-state index in [1.807, 2.05) is 0 Å². The number of nitrogens with one attached hydrogen (secondary N) is 1. The molecule has 0 aliphatic carbocycles. The number of halogens is 1. The molecular formula is C13H10FNO3. The summed E-state index contributed by atoms with van der Waals surface area (Å²) in [5, 5.41) is 21.0. The van der Waals surface area contributed by atoms with E-state index in [1.54, 1.807) is 0 Å². The van der Waals surface area contributed by atoms with E-state index in [2.05, 4.69) is 5.32 Å². The van der Waals surface area contributed by atoms with Gasteiger partial charge in [0.1, 0.15) is 17.3 Å². The number of hydrogen-bond donors (Lipinski definition) is 3. The van der Waals surface area contributed by atoms with Gasteiger partial charge in [-0.2, -0.15) is 0 Å². The Balaban J connectivity index is 2.22. The number of amides is 1. The lowest BCUT2D eigenvalue weighted by molar-refractivity contribution is 0.102. The second-order valence-electron chi connectivity index (χ2n) is 3.70. The maximum Gasteiger partial charge on any atom is 0.255 e. The van der Waals surface area contributed by atoms with Gasteiger partial charge in [0.15, 0.2) is 0 Å². The van der Waals surface area contributed by atoms with Crippen molar-refractivity contribution in [3.8, 4) is 11.5 Å². The van der Waals surface area contributed by atoms with Crippen molar-refractivity contribution >= 4 is 11.6 Å². The number of carbonyl (C=O) groups excluding carboxylic acids is 1. The second kappa shape index (κ2) is 4.75. The van der Waals surface area contributed by atoms with Gasteiger partial charge in [0.2, 0.25) is 0 Å². The number of phenols is 2. The molecule has 2 aromatic carbocycles. The third-order valence-corrected chi connectivity index (χ3v) is 2.25. The van der Waals surface area contributed by atoms with E-state index >= 15 is 0 Å². The summed E-state index contributed by atoms with van der Waals surface area (Å²) in [4.78, 5) is 11.8. The highest BCUT2D eigenvalue weighted by Gasteiger charge is 2.09. The third kappa shape index (κ3) is 2.76. The predicted octanol–water partition coefficient (Wildman–Crippen LogP) is 2.49. The van der Waals surface area contributed by atoms with Crippen LogP contribution in [0.1, 0.15) is 10.4 Å². The minimum atomic E-state index is -0.549. The number of rotatable bonds is 2. The van der Waals surface area contributed by atoms with Crippen LogP contribution in [0.25, 0.3) is 0 Å². The van der Waals surface area contributed by atoms with Gasteiger partial charge in [-0.05, 0) is 30.3 Å². The molecule has 18 heavy (non-hydrogen) atoms. The van der Waals surface area contributed by atoms with Crippen molar-refractivity contribution in [2.75, 3.05) is 5.32 Å². The highest BCUT2D eigenvalue weighted by Crippen LogP contribution is 2.21. The molecule has 0 unspecified atom stereocenters. The van der Waals surface area contributed by atoms with Crippen LogP contribution >= 0.6 is 0 Å². The molecule has 0 aromatic heterocycles. The van der Waals surface area contributed by atoms with Gasteiger partial charge >= 0.3 is 0 Å². The van der Waals surface area contributed by atoms with Crippen molar-refractivity contribution in [3.05, 3.63) is 53.8 Å². The summed E-state index contributed by atoms with van der Waals surface area (Å²) in [6.07, 6.45) is 0. The smallest absolute Gasteiger partial charge is 0.255 e. The average molecular weight is 247 g/mol. The van der Waals surface area contributed by atoms with E-state index in [0.717, 1.165) is 6.07 Å². The molecule has 0 bridgehead atoms. The minimum Gasteiger partial charge on any atom is -0.508 e. The van der Waals surface area contributed by atoms with Gasteiger partial charge in [-0.1, -0.05) is 6.07 Å². The van der Waals surface area contributed by atoms with Gasteiger partial charge in [-0.15, -0.1) is 0 Å². The molecule has 0 spiro atoms. The number of aromatic hydroxyl groups is 2. The summed E-state index contributed by atoms with van der Waals surface area (Å²) in [5.74, 6) is -1.46. The molecule has 5 heteroatoms. The van der Waals surface area contributed by atoms with Crippen LogP contribution in [0, 0.1) is 5.82 Å². The first-order chi connectivity index (χ1) is 8.54. The third-order valence-electron chi connectivity index (χ3n) is 2.25. The molecule has 3 N–H and O–H groups in total. The van der Waals surface area contributed by atoms with Crippen LogP contribution in [0.15, 0.2) is 42.5 Å². The van der Waals surface area contributed by atoms with Crippen molar-refractivity contribution in [1.82, 2.24) is 0 Å². The van der Waals surface area contributed by atoms with Crippen molar-refractivity contribution in [2.24, 2.45) is 0 Å². The van der Waals surface area contributed by atoms with Crippen LogP contribution in [0.3, 0.4) is 0 Å². The Morgan fingerprint density at radius 1 is 1.06 bits per heavy atom. The maximum absolute atomic E-state index is 12.9. The average Bonchev–Trinajstić information content (AvgIpc) is 2.27. The van der Waals surface area contributed by atoms with E-state index in [4.69, 9.17) is 0 Å². The van der Waals surface area contributed by atoms with Gasteiger partial charge in [-0.3, -0.25) is 4.79 Å². The molecule has 0 aliphatic rings. The topological polar surface area (TPSA) is 69.6 Å². The number of benzene rings is 2. The molecule has 2 aromatic rings. The Morgan fingerprint density at radius 3 is 2.33 bits per heavy atom. The summed E-state index contributed by atoms with van der Waals surface area (Å²) in [6, 6.07) is 8.94. The maximum atomic E-state index is 12.9. The Hall–Kier alpha value is -2.56. The number of anilines is 1. The molecule has 0 aliphatic heterocycles. The summed E-state index contributed by atoms with van der Waals surface area (Å²) in [5.41, 5.74) is 0.375. The second-order valence-corrected chi connectivity index (χ2v) is 3.70. The van der Waals surface area contributed by atoms with Gasteiger partial charge < -0.3 is 15.5 Å². The van der Waals surface area contributed by atoms with Gasteiger partial charge in [0.25, 0.3) is 5.91 Å². The highest BCUT2D eigenvalue weighted by molar-refractivity contribution is 6.04. The summed E-state index contributed by atoms with van der Waals surface area (Å²) >= 11 is 0.